The number of nitrogens with one attached hydrogen (secondary N) is 1. The van der Waals surface area contributed by atoms with Crippen molar-refractivity contribution in [2.45, 2.75) is 44.2 Å². The average Bonchev–Trinajstić information content (AvgIpc) is 2.38. The van der Waals surface area contributed by atoms with E-state index in [0.29, 0.717) is 29.4 Å². The van der Waals surface area contributed by atoms with Crippen molar-refractivity contribution in [3.8, 4) is 0 Å². The molecule has 112 valence electrons. The van der Waals surface area contributed by atoms with Crippen molar-refractivity contribution < 1.29 is 9.90 Å². The molecule has 1 fully saturated rings. The molecule has 0 atom stereocenters. The Hall–Kier alpha value is -0.480. The predicted octanol–water partition coefficient (Wildman–Crippen LogP) is 4.29. The van der Waals surface area contributed by atoms with E-state index in [1.165, 1.54) is 0 Å². The topological polar surface area (TPSA) is 49.3 Å². The molecule has 3 nitrogen and oxygen atoms in total. The summed E-state index contributed by atoms with van der Waals surface area (Å²) in [6.07, 6.45) is 4.36. The molecule has 0 heterocycles. The van der Waals surface area contributed by atoms with Crippen molar-refractivity contribution in [3.63, 3.8) is 0 Å². The van der Waals surface area contributed by atoms with Crippen LogP contribution in [-0.2, 0) is 11.3 Å². The SMILES string of the molecule is Cl.O=C(O)C1(NCc2ccc(Cl)cc2Cl)CCCCC1. The first-order valence-corrected chi connectivity index (χ1v) is 7.21. The van der Waals surface area contributed by atoms with Crippen molar-refractivity contribution in [3.05, 3.63) is 33.8 Å². The summed E-state index contributed by atoms with van der Waals surface area (Å²) in [5.74, 6) is -0.766. The molecular weight excluding hydrogens is 321 g/mol. The minimum Gasteiger partial charge on any atom is -0.480 e. The quantitative estimate of drug-likeness (QED) is 0.861. The van der Waals surface area contributed by atoms with Crippen LogP contribution in [0.1, 0.15) is 37.7 Å². The van der Waals surface area contributed by atoms with Gasteiger partial charge in [-0.2, -0.15) is 0 Å². The maximum atomic E-state index is 11.5. The van der Waals surface area contributed by atoms with Gasteiger partial charge in [0.2, 0.25) is 0 Å². The number of hydrogen-bond donors (Lipinski definition) is 2. The molecule has 0 aliphatic heterocycles. The fourth-order valence-corrected chi connectivity index (χ4v) is 3.03. The highest BCUT2D eigenvalue weighted by atomic mass is 35.5. The minimum absolute atomic E-state index is 0. The van der Waals surface area contributed by atoms with Crippen LogP contribution < -0.4 is 5.32 Å². The summed E-state index contributed by atoms with van der Waals surface area (Å²) < 4.78 is 0. The Balaban J connectivity index is 0.00000200. The molecule has 1 aliphatic carbocycles. The highest BCUT2D eigenvalue weighted by molar-refractivity contribution is 6.35. The van der Waals surface area contributed by atoms with E-state index in [1.54, 1.807) is 12.1 Å². The highest BCUT2D eigenvalue weighted by Gasteiger charge is 2.38. The van der Waals surface area contributed by atoms with Crippen LogP contribution in [0.4, 0.5) is 0 Å². The number of rotatable bonds is 4. The van der Waals surface area contributed by atoms with Crippen LogP contribution in [0.15, 0.2) is 18.2 Å². The Morgan fingerprint density at radius 3 is 2.45 bits per heavy atom. The summed E-state index contributed by atoms with van der Waals surface area (Å²) in [6, 6.07) is 5.27. The smallest absolute Gasteiger partial charge is 0.323 e. The van der Waals surface area contributed by atoms with Crippen LogP contribution in [0.3, 0.4) is 0 Å². The van der Waals surface area contributed by atoms with Gasteiger partial charge in [-0.25, -0.2) is 0 Å². The zero-order chi connectivity index (χ0) is 13.9. The standard InChI is InChI=1S/C14H17Cl2NO2.ClH/c15-11-5-4-10(12(16)8-11)9-17-14(13(18)19)6-2-1-3-7-14;/h4-5,8,17H,1-3,6-7,9H2,(H,18,19);1H. The maximum absolute atomic E-state index is 11.5. The van der Waals surface area contributed by atoms with Crippen LogP contribution in [-0.4, -0.2) is 16.6 Å². The highest BCUT2D eigenvalue weighted by Crippen LogP contribution is 2.29. The second-order valence-electron chi connectivity index (χ2n) is 5.04. The zero-order valence-electron chi connectivity index (χ0n) is 11.0. The zero-order valence-corrected chi connectivity index (χ0v) is 13.3. The van der Waals surface area contributed by atoms with Gasteiger partial charge in [0.25, 0.3) is 0 Å². The number of carboxylic acid groups (broad SMARTS) is 1. The monoisotopic (exact) mass is 337 g/mol. The second kappa shape index (κ2) is 7.51. The third-order valence-electron chi connectivity index (χ3n) is 3.75. The van der Waals surface area contributed by atoms with Gasteiger partial charge >= 0.3 is 5.97 Å². The van der Waals surface area contributed by atoms with E-state index in [2.05, 4.69) is 5.32 Å². The molecule has 0 saturated heterocycles. The van der Waals surface area contributed by atoms with Gasteiger partial charge in [0.1, 0.15) is 5.54 Å². The summed E-state index contributed by atoms with van der Waals surface area (Å²) in [5.41, 5.74) is 0.0681. The number of benzene rings is 1. The molecule has 0 bridgehead atoms. The van der Waals surface area contributed by atoms with Crippen molar-refractivity contribution in [2.75, 3.05) is 0 Å². The molecule has 0 radical (unpaired) electrons. The van der Waals surface area contributed by atoms with Crippen molar-refractivity contribution in [1.82, 2.24) is 5.32 Å². The maximum Gasteiger partial charge on any atom is 0.323 e. The first-order valence-electron chi connectivity index (χ1n) is 6.46. The van der Waals surface area contributed by atoms with E-state index in [0.717, 1.165) is 24.8 Å². The van der Waals surface area contributed by atoms with Crippen LogP contribution in [0.25, 0.3) is 0 Å². The lowest BCUT2D eigenvalue weighted by molar-refractivity contribution is -0.146. The van der Waals surface area contributed by atoms with Crippen LogP contribution >= 0.6 is 35.6 Å². The van der Waals surface area contributed by atoms with Gasteiger partial charge in [0.15, 0.2) is 0 Å². The van der Waals surface area contributed by atoms with E-state index in [-0.39, 0.29) is 12.4 Å². The molecule has 0 spiro atoms. The first kappa shape index (κ1) is 17.6. The third kappa shape index (κ3) is 4.01. The van der Waals surface area contributed by atoms with E-state index in [1.807, 2.05) is 6.07 Å². The van der Waals surface area contributed by atoms with Gasteiger partial charge in [-0.05, 0) is 30.5 Å². The summed E-state index contributed by atoms with van der Waals surface area (Å²) in [7, 11) is 0. The molecule has 20 heavy (non-hydrogen) atoms. The minimum atomic E-state index is -0.804. The molecule has 0 unspecified atom stereocenters. The van der Waals surface area contributed by atoms with E-state index >= 15 is 0 Å². The molecule has 1 saturated carbocycles. The predicted molar refractivity (Wildman–Crippen MR) is 84.0 cm³/mol. The van der Waals surface area contributed by atoms with Crippen LogP contribution in [0, 0.1) is 0 Å². The lowest BCUT2D eigenvalue weighted by Gasteiger charge is -2.34. The Bertz CT molecular complexity index is 473. The molecule has 0 aromatic heterocycles. The molecule has 1 aromatic carbocycles. The first-order chi connectivity index (χ1) is 9.03. The molecule has 0 amide bonds. The summed E-state index contributed by atoms with van der Waals surface area (Å²) in [4.78, 5) is 11.5. The number of hydrogen-bond acceptors (Lipinski definition) is 2. The average molecular weight is 339 g/mol. The third-order valence-corrected chi connectivity index (χ3v) is 4.34. The van der Waals surface area contributed by atoms with Crippen molar-refractivity contribution in [1.29, 1.82) is 0 Å². The summed E-state index contributed by atoms with van der Waals surface area (Å²) >= 11 is 11.9. The fraction of sp³-hybridized carbons (Fsp3) is 0.500. The van der Waals surface area contributed by atoms with Gasteiger partial charge in [-0.1, -0.05) is 48.5 Å². The fourth-order valence-electron chi connectivity index (χ4n) is 2.55. The Morgan fingerprint density at radius 1 is 1.25 bits per heavy atom. The lowest BCUT2D eigenvalue weighted by Crippen LogP contribution is -2.52. The van der Waals surface area contributed by atoms with Gasteiger partial charge in [0, 0.05) is 16.6 Å². The largest absolute Gasteiger partial charge is 0.480 e. The van der Waals surface area contributed by atoms with Crippen LogP contribution in [0.2, 0.25) is 10.0 Å². The van der Waals surface area contributed by atoms with E-state index in [9.17, 15) is 9.90 Å². The number of carbonyl (C=O) groups is 1. The van der Waals surface area contributed by atoms with Gasteiger partial charge in [-0.3, -0.25) is 10.1 Å². The number of aliphatic carboxylic acids is 1. The number of carboxylic acids is 1. The van der Waals surface area contributed by atoms with E-state index < -0.39 is 11.5 Å². The number of halogens is 3. The second-order valence-corrected chi connectivity index (χ2v) is 5.88. The Labute approximate surface area is 135 Å². The Kier molecular flexibility index (Phi) is 6.59. The van der Waals surface area contributed by atoms with Gasteiger partial charge < -0.3 is 5.11 Å². The molecule has 6 heteroatoms. The van der Waals surface area contributed by atoms with Crippen molar-refractivity contribution >= 4 is 41.6 Å². The van der Waals surface area contributed by atoms with E-state index in [4.69, 9.17) is 23.2 Å². The summed E-state index contributed by atoms with van der Waals surface area (Å²) in [6.45, 7) is 0.447. The molecule has 1 aliphatic rings. The van der Waals surface area contributed by atoms with Crippen LogP contribution in [0.5, 0.6) is 0 Å². The lowest BCUT2D eigenvalue weighted by atomic mass is 9.81. The molecular formula is C14H18Cl3NO2. The van der Waals surface area contributed by atoms with Gasteiger partial charge in [-0.15, -0.1) is 12.4 Å². The molecule has 2 N–H and O–H groups in total. The molecule has 2 rings (SSSR count). The normalized spacial score (nSPS) is 17.3. The Morgan fingerprint density at radius 2 is 1.90 bits per heavy atom. The van der Waals surface area contributed by atoms with Crippen molar-refractivity contribution in [2.24, 2.45) is 0 Å². The molecule has 1 aromatic rings. The van der Waals surface area contributed by atoms with Gasteiger partial charge in [0.05, 0.1) is 0 Å². The summed E-state index contributed by atoms with van der Waals surface area (Å²) in [5, 5.41) is 13.8.